The van der Waals surface area contributed by atoms with E-state index in [4.69, 9.17) is 10.5 Å². The Morgan fingerprint density at radius 3 is 2.22 bits per heavy atom. The molecule has 0 radical (unpaired) electrons. The molecule has 0 saturated carbocycles. The summed E-state index contributed by atoms with van der Waals surface area (Å²) in [7, 11) is 1.62. The molecule has 1 saturated heterocycles. The zero-order valence-electron chi connectivity index (χ0n) is 15.4. The van der Waals surface area contributed by atoms with Crippen LogP contribution in [0.15, 0.2) is 54.6 Å². The molecule has 5 nitrogen and oxygen atoms in total. The van der Waals surface area contributed by atoms with Crippen LogP contribution in [-0.2, 0) is 9.59 Å². The van der Waals surface area contributed by atoms with Crippen molar-refractivity contribution in [1.82, 2.24) is 4.90 Å². The molecule has 1 heterocycles. The highest BCUT2D eigenvalue weighted by atomic mass is 16.5. The van der Waals surface area contributed by atoms with Crippen molar-refractivity contribution in [2.75, 3.05) is 20.2 Å². The summed E-state index contributed by atoms with van der Waals surface area (Å²) >= 11 is 0. The Kier molecular flexibility index (Phi) is 5.91. The third-order valence-electron chi connectivity index (χ3n) is 4.93. The minimum atomic E-state index is -0.279. The van der Waals surface area contributed by atoms with Gasteiger partial charge in [-0.25, -0.2) is 0 Å². The third kappa shape index (κ3) is 4.56. The first-order valence-corrected chi connectivity index (χ1v) is 9.08. The summed E-state index contributed by atoms with van der Waals surface area (Å²) < 4.78 is 5.20. The molecule has 2 aromatic rings. The van der Waals surface area contributed by atoms with E-state index < -0.39 is 0 Å². The second kappa shape index (κ2) is 8.54. The molecule has 1 fully saturated rings. The average Bonchev–Trinajstić information content (AvgIpc) is 2.72. The highest BCUT2D eigenvalue weighted by Gasteiger charge is 2.27. The van der Waals surface area contributed by atoms with E-state index in [-0.39, 0.29) is 17.7 Å². The van der Waals surface area contributed by atoms with E-state index >= 15 is 0 Å². The number of ether oxygens (including phenoxy) is 1. The molecular formula is C22H24N2O3. The second-order valence-electron chi connectivity index (χ2n) is 6.67. The van der Waals surface area contributed by atoms with Crippen molar-refractivity contribution in [3.8, 4) is 5.75 Å². The van der Waals surface area contributed by atoms with Gasteiger partial charge in [0.25, 0.3) is 5.91 Å². The Labute approximate surface area is 159 Å². The minimum Gasteiger partial charge on any atom is -0.497 e. The minimum absolute atomic E-state index is 0.0278. The van der Waals surface area contributed by atoms with Gasteiger partial charge >= 0.3 is 0 Å². The lowest BCUT2D eigenvalue weighted by Gasteiger charge is -2.31. The van der Waals surface area contributed by atoms with Gasteiger partial charge in [-0.3, -0.25) is 9.59 Å². The number of rotatable bonds is 5. The maximum Gasteiger partial charge on any atom is 0.254 e. The lowest BCUT2D eigenvalue weighted by molar-refractivity contribution is -0.130. The molecule has 0 unspecified atom stereocenters. The van der Waals surface area contributed by atoms with Gasteiger partial charge in [0.2, 0.25) is 5.91 Å². The van der Waals surface area contributed by atoms with Gasteiger partial charge in [0, 0.05) is 24.6 Å². The van der Waals surface area contributed by atoms with Crippen LogP contribution in [0.5, 0.6) is 5.75 Å². The largest absolute Gasteiger partial charge is 0.497 e. The van der Waals surface area contributed by atoms with E-state index in [0.717, 1.165) is 16.9 Å². The number of likely N-dealkylation sites (tertiary alicyclic amines) is 1. The smallest absolute Gasteiger partial charge is 0.254 e. The topological polar surface area (TPSA) is 72.6 Å². The number of benzene rings is 2. The van der Waals surface area contributed by atoms with Gasteiger partial charge in [0.1, 0.15) is 5.75 Å². The highest BCUT2D eigenvalue weighted by molar-refractivity contribution is 6.24. The zero-order valence-corrected chi connectivity index (χ0v) is 15.4. The van der Waals surface area contributed by atoms with Crippen LogP contribution in [0.3, 0.4) is 0 Å². The fourth-order valence-corrected chi connectivity index (χ4v) is 3.29. The van der Waals surface area contributed by atoms with Crippen LogP contribution in [0.25, 0.3) is 11.6 Å². The maximum atomic E-state index is 13.2. The molecule has 140 valence electrons. The molecular weight excluding hydrogens is 340 g/mol. The standard InChI is InChI=1S/C22H24N2O3/c1-27-19-9-7-16(8-10-19)15-20(17-5-3-2-4-6-17)22(26)24-13-11-18(12-14-24)21(23)25/h2-10,15,18H,11-14H2,1H3,(H2,23,25)/b20-15+. The quantitative estimate of drug-likeness (QED) is 0.655. The molecule has 0 aromatic heterocycles. The summed E-state index contributed by atoms with van der Waals surface area (Å²) in [6, 6.07) is 17.2. The Hall–Kier alpha value is -3.08. The van der Waals surface area contributed by atoms with Gasteiger partial charge in [0.15, 0.2) is 0 Å². The lowest BCUT2D eigenvalue weighted by atomic mass is 9.94. The molecule has 2 aromatic carbocycles. The van der Waals surface area contributed by atoms with Crippen molar-refractivity contribution in [2.24, 2.45) is 11.7 Å². The van der Waals surface area contributed by atoms with Crippen molar-refractivity contribution in [3.63, 3.8) is 0 Å². The summed E-state index contributed by atoms with van der Waals surface area (Å²) in [6.07, 6.45) is 3.13. The van der Waals surface area contributed by atoms with Crippen molar-refractivity contribution in [1.29, 1.82) is 0 Å². The Bertz CT molecular complexity index is 820. The number of nitrogens with zero attached hydrogens (tertiary/aromatic N) is 1. The summed E-state index contributed by atoms with van der Waals surface area (Å²) in [5, 5.41) is 0. The molecule has 2 amide bonds. The lowest BCUT2D eigenvalue weighted by Crippen LogP contribution is -2.42. The maximum absolute atomic E-state index is 13.2. The number of hydrogen-bond donors (Lipinski definition) is 1. The number of primary amides is 1. The Morgan fingerprint density at radius 1 is 1.04 bits per heavy atom. The van der Waals surface area contributed by atoms with E-state index in [1.54, 1.807) is 7.11 Å². The SMILES string of the molecule is COc1ccc(/C=C(/C(=O)N2CCC(C(N)=O)CC2)c2ccccc2)cc1. The second-order valence-corrected chi connectivity index (χ2v) is 6.67. The van der Waals surface area contributed by atoms with Gasteiger partial charge in [-0.2, -0.15) is 0 Å². The summed E-state index contributed by atoms with van der Waals surface area (Å²) in [5.74, 6) is 0.326. The Balaban J connectivity index is 1.87. The molecule has 3 rings (SSSR count). The molecule has 2 N–H and O–H groups in total. The van der Waals surface area contributed by atoms with E-state index in [9.17, 15) is 9.59 Å². The van der Waals surface area contributed by atoms with Crippen molar-refractivity contribution in [3.05, 3.63) is 65.7 Å². The zero-order chi connectivity index (χ0) is 19.2. The molecule has 5 heteroatoms. The van der Waals surface area contributed by atoms with E-state index in [2.05, 4.69) is 0 Å². The third-order valence-corrected chi connectivity index (χ3v) is 4.93. The van der Waals surface area contributed by atoms with Crippen molar-refractivity contribution >= 4 is 23.5 Å². The van der Waals surface area contributed by atoms with E-state index in [1.165, 1.54) is 0 Å². The number of piperidine rings is 1. The summed E-state index contributed by atoms with van der Waals surface area (Å²) in [6.45, 7) is 1.08. The van der Waals surface area contributed by atoms with Crippen LogP contribution in [0, 0.1) is 5.92 Å². The number of carbonyl (C=O) groups excluding carboxylic acids is 2. The van der Waals surface area contributed by atoms with Crippen LogP contribution < -0.4 is 10.5 Å². The van der Waals surface area contributed by atoms with Gasteiger partial charge in [-0.05, 0) is 42.2 Å². The predicted molar refractivity (Wildman–Crippen MR) is 106 cm³/mol. The van der Waals surface area contributed by atoms with Crippen LogP contribution >= 0.6 is 0 Å². The number of amides is 2. The molecule has 0 spiro atoms. The van der Waals surface area contributed by atoms with E-state index in [1.807, 2.05) is 65.6 Å². The molecule has 0 atom stereocenters. The summed E-state index contributed by atoms with van der Waals surface area (Å²) in [5.41, 5.74) is 7.84. The number of hydrogen-bond acceptors (Lipinski definition) is 3. The van der Waals surface area contributed by atoms with Gasteiger partial charge in [0.05, 0.1) is 7.11 Å². The molecule has 27 heavy (non-hydrogen) atoms. The van der Waals surface area contributed by atoms with Gasteiger partial charge in [-0.1, -0.05) is 42.5 Å². The highest BCUT2D eigenvalue weighted by Crippen LogP contribution is 2.25. The first-order valence-electron chi connectivity index (χ1n) is 9.08. The van der Waals surface area contributed by atoms with Crippen molar-refractivity contribution < 1.29 is 14.3 Å². The fraction of sp³-hybridized carbons (Fsp3) is 0.273. The first-order chi connectivity index (χ1) is 13.1. The molecule has 0 aliphatic carbocycles. The normalized spacial score (nSPS) is 15.4. The number of methoxy groups -OCH3 is 1. The number of carbonyl (C=O) groups is 2. The summed E-state index contributed by atoms with van der Waals surface area (Å²) in [4.78, 5) is 26.4. The molecule has 0 bridgehead atoms. The Morgan fingerprint density at radius 2 is 1.67 bits per heavy atom. The monoisotopic (exact) mass is 364 g/mol. The number of nitrogens with two attached hydrogens (primary N) is 1. The van der Waals surface area contributed by atoms with E-state index in [0.29, 0.717) is 31.5 Å². The average molecular weight is 364 g/mol. The predicted octanol–water partition coefficient (Wildman–Crippen LogP) is 2.96. The first kappa shape index (κ1) is 18.7. The fourth-order valence-electron chi connectivity index (χ4n) is 3.29. The van der Waals surface area contributed by atoms with Gasteiger partial charge < -0.3 is 15.4 Å². The van der Waals surface area contributed by atoms with Gasteiger partial charge in [-0.15, -0.1) is 0 Å². The van der Waals surface area contributed by atoms with Crippen LogP contribution in [0.4, 0.5) is 0 Å². The van der Waals surface area contributed by atoms with Crippen LogP contribution in [0.2, 0.25) is 0 Å². The van der Waals surface area contributed by atoms with Crippen molar-refractivity contribution in [2.45, 2.75) is 12.8 Å². The molecule has 1 aliphatic heterocycles. The van der Waals surface area contributed by atoms with Crippen LogP contribution in [-0.4, -0.2) is 36.9 Å². The van der Waals surface area contributed by atoms with Crippen LogP contribution in [0.1, 0.15) is 24.0 Å². The molecule has 1 aliphatic rings.